The van der Waals surface area contributed by atoms with E-state index in [9.17, 15) is 4.79 Å². The monoisotopic (exact) mass is 172 g/mol. The van der Waals surface area contributed by atoms with Crippen molar-refractivity contribution in [3.63, 3.8) is 0 Å². The van der Waals surface area contributed by atoms with E-state index in [1.807, 2.05) is 0 Å². The Kier molecular flexibility index (Phi) is 1.37. The van der Waals surface area contributed by atoms with E-state index >= 15 is 0 Å². The number of Topliss-reactive ketones (excluding diaryl/α,β-unsaturated/α-hetero) is 1. The third kappa shape index (κ3) is 0.963. The van der Waals surface area contributed by atoms with Crippen molar-refractivity contribution in [2.24, 2.45) is 5.92 Å². The Morgan fingerprint density at radius 2 is 1.92 bits per heavy atom. The van der Waals surface area contributed by atoms with Gasteiger partial charge in [0.15, 0.2) is 0 Å². The first kappa shape index (κ1) is 7.31. The molecule has 1 fully saturated rings. The van der Waals surface area contributed by atoms with Crippen molar-refractivity contribution in [2.45, 2.75) is 25.2 Å². The van der Waals surface area contributed by atoms with Crippen LogP contribution in [0.1, 0.15) is 29.9 Å². The van der Waals surface area contributed by atoms with E-state index < -0.39 is 0 Å². The molecule has 2 aliphatic carbocycles. The van der Waals surface area contributed by atoms with Crippen molar-refractivity contribution in [3.05, 3.63) is 35.4 Å². The van der Waals surface area contributed by atoms with Crippen molar-refractivity contribution in [3.8, 4) is 0 Å². The molecule has 1 nitrogen and oxygen atoms in total. The van der Waals surface area contributed by atoms with Crippen LogP contribution in [0.2, 0.25) is 0 Å². The zero-order valence-electron chi connectivity index (χ0n) is 7.49. The minimum absolute atomic E-state index is 0.463. The maximum absolute atomic E-state index is 11.3. The molecule has 0 unspecified atom stereocenters. The number of benzene rings is 1. The molecule has 0 aliphatic heterocycles. The van der Waals surface area contributed by atoms with Crippen molar-refractivity contribution in [1.29, 1.82) is 0 Å². The zero-order chi connectivity index (χ0) is 8.84. The first-order valence-electron chi connectivity index (χ1n) is 4.94. The zero-order valence-corrected chi connectivity index (χ0v) is 7.49. The van der Waals surface area contributed by atoms with E-state index in [4.69, 9.17) is 0 Å². The number of fused-ring (bicyclic) bond motifs is 3. The summed E-state index contributed by atoms with van der Waals surface area (Å²) in [5.41, 5.74) is 2.92. The fourth-order valence-corrected chi connectivity index (χ4v) is 2.87. The summed E-state index contributed by atoms with van der Waals surface area (Å²) in [6.45, 7) is 0. The van der Waals surface area contributed by atoms with Gasteiger partial charge in [0, 0.05) is 12.8 Å². The lowest BCUT2D eigenvalue weighted by atomic mass is 9.97. The number of rotatable bonds is 0. The molecular weight excluding hydrogens is 160 g/mol. The van der Waals surface area contributed by atoms with Gasteiger partial charge < -0.3 is 0 Å². The van der Waals surface area contributed by atoms with Gasteiger partial charge in [-0.3, -0.25) is 4.79 Å². The molecule has 0 amide bonds. The highest BCUT2D eigenvalue weighted by Gasteiger charge is 2.39. The summed E-state index contributed by atoms with van der Waals surface area (Å²) < 4.78 is 0. The average Bonchev–Trinajstić information content (AvgIpc) is 2.60. The molecule has 0 bridgehead atoms. The SMILES string of the molecule is O=C1C[C@@H]2Cc3ccccc3[C@@H]2C1. The van der Waals surface area contributed by atoms with Crippen LogP contribution in [-0.4, -0.2) is 5.78 Å². The molecule has 2 aliphatic rings. The third-order valence-electron chi connectivity index (χ3n) is 3.44. The third-order valence-corrected chi connectivity index (χ3v) is 3.44. The average molecular weight is 172 g/mol. The second-order valence-electron chi connectivity index (χ2n) is 4.22. The van der Waals surface area contributed by atoms with Crippen LogP contribution >= 0.6 is 0 Å². The summed E-state index contributed by atoms with van der Waals surface area (Å²) in [7, 11) is 0. The van der Waals surface area contributed by atoms with Crippen LogP contribution in [0.3, 0.4) is 0 Å². The molecule has 66 valence electrons. The Hall–Kier alpha value is -1.11. The van der Waals surface area contributed by atoms with Gasteiger partial charge in [-0.1, -0.05) is 24.3 Å². The summed E-state index contributed by atoms with van der Waals surface area (Å²) in [6.07, 6.45) is 2.74. The van der Waals surface area contributed by atoms with Gasteiger partial charge in [-0.05, 0) is 29.4 Å². The molecule has 0 saturated heterocycles. The maximum atomic E-state index is 11.3. The van der Waals surface area contributed by atoms with E-state index in [2.05, 4.69) is 24.3 Å². The molecule has 1 saturated carbocycles. The highest BCUT2D eigenvalue weighted by molar-refractivity contribution is 5.83. The van der Waals surface area contributed by atoms with Crippen LogP contribution in [0.25, 0.3) is 0 Å². The Morgan fingerprint density at radius 3 is 2.85 bits per heavy atom. The number of ketones is 1. The molecule has 0 aromatic heterocycles. The minimum Gasteiger partial charge on any atom is -0.300 e. The summed E-state index contributed by atoms with van der Waals surface area (Å²) in [4.78, 5) is 11.3. The molecule has 0 radical (unpaired) electrons. The van der Waals surface area contributed by atoms with Crippen molar-refractivity contribution < 1.29 is 4.79 Å². The van der Waals surface area contributed by atoms with Crippen molar-refractivity contribution >= 4 is 5.78 Å². The van der Waals surface area contributed by atoms with E-state index in [1.165, 1.54) is 11.1 Å². The van der Waals surface area contributed by atoms with Gasteiger partial charge in [0.2, 0.25) is 0 Å². The molecule has 3 rings (SSSR count). The van der Waals surface area contributed by atoms with Gasteiger partial charge in [0.05, 0.1) is 0 Å². The highest BCUT2D eigenvalue weighted by Crippen LogP contribution is 2.46. The van der Waals surface area contributed by atoms with Crippen LogP contribution < -0.4 is 0 Å². The lowest BCUT2D eigenvalue weighted by molar-refractivity contribution is -0.117. The number of carbonyl (C=O) groups excluding carboxylic acids is 1. The van der Waals surface area contributed by atoms with E-state index in [1.54, 1.807) is 0 Å². The van der Waals surface area contributed by atoms with E-state index in [0.29, 0.717) is 17.6 Å². The topological polar surface area (TPSA) is 17.1 Å². The van der Waals surface area contributed by atoms with Gasteiger partial charge in [-0.2, -0.15) is 0 Å². The van der Waals surface area contributed by atoms with Gasteiger partial charge in [-0.25, -0.2) is 0 Å². The Morgan fingerprint density at radius 1 is 1.08 bits per heavy atom. The molecule has 2 atom stereocenters. The Bertz CT molecular complexity index is 367. The Balaban J connectivity index is 2.06. The molecule has 0 heterocycles. The normalized spacial score (nSPS) is 30.3. The largest absolute Gasteiger partial charge is 0.300 e. The van der Waals surface area contributed by atoms with Gasteiger partial charge in [0.1, 0.15) is 5.78 Å². The standard InChI is InChI=1S/C12H12O/c13-10-6-9-5-8-3-1-2-4-11(8)12(9)7-10/h1-4,9,12H,5-7H2/t9-,12+/m0/s1. The first-order chi connectivity index (χ1) is 6.34. The van der Waals surface area contributed by atoms with E-state index in [-0.39, 0.29) is 0 Å². The van der Waals surface area contributed by atoms with Gasteiger partial charge in [-0.15, -0.1) is 0 Å². The van der Waals surface area contributed by atoms with Crippen LogP contribution in [-0.2, 0) is 11.2 Å². The minimum atomic E-state index is 0.463. The Labute approximate surface area is 77.8 Å². The summed E-state index contributed by atoms with van der Waals surface area (Å²) in [5, 5.41) is 0. The number of hydrogen-bond donors (Lipinski definition) is 0. The lowest BCUT2D eigenvalue weighted by Gasteiger charge is -2.06. The number of carbonyl (C=O) groups is 1. The van der Waals surface area contributed by atoms with Crippen LogP contribution in [0.4, 0.5) is 0 Å². The fourth-order valence-electron chi connectivity index (χ4n) is 2.87. The second kappa shape index (κ2) is 2.44. The van der Waals surface area contributed by atoms with Crippen LogP contribution in [0.15, 0.2) is 24.3 Å². The van der Waals surface area contributed by atoms with Crippen LogP contribution in [0.5, 0.6) is 0 Å². The predicted octanol–water partition coefficient (Wildman–Crippen LogP) is 2.31. The quantitative estimate of drug-likeness (QED) is 0.587. The first-order valence-corrected chi connectivity index (χ1v) is 4.94. The fraction of sp³-hybridized carbons (Fsp3) is 0.417. The molecule has 1 aromatic carbocycles. The summed E-state index contributed by atoms with van der Waals surface area (Å²) in [6, 6.07) is 8.59. The molecule has 13 heavy (non-hydrogen) atoms. The lowest BCUT2D eigenvalue weighted by Crippen LogP contribution is -1.97. The van der Waals surface area contributed by atoms with Crippen molar-refractivity contribution in [1.82, 2.24) is 0 Å². The molecule has 1 aromatic rings. The molecule has 0 N–H and O–H groups in total. The van der Waals surface area contributed by atoms with Gasteiger partial charge >= 0.3 is 0 Å². The predicted molar refractivity (Wildman–Crippen MR) is 50.6 cm³/mol. The maximum Gasteiger partial charge on any atom is 0.133 e. The van der Waals surface area contributed by atoms with Crippen molar-refractivity contribution in [2.75, 3.05) is 0 Å². The van der Waals surface area contributed by atoms with Crippen LogP contribution in [0, 0.1) is 5.92 Å². The second-order valence-corrected chi connectivity index (χ2v) is 4.22. The summed E-state index contributed by atoms with van der Waals surface area (Å²) >= 11 is 0. The number of hydrogen-bond acceptors (Lipinski definition) is 1. The summed E-state index contributed by atoms with van der Waals surface area (Å²) in [5.74, 6) is 1.65. The molecular formula is C12H12O. The van der Waals surface area contributed by atoms with Gasteiger partial charge in [0.25, 0.3) is 0 Å². The highest BCUT2D eigenvalue weighted by atomic mass is 16.1. The smallest absolute Gasteiger partial charge is 0.133 e. The molecule has 0 spiro atoms. The van der Waals surface area contributed by atoms with E-state index in [0.717, 1.165) is 19.3 Å². The molecule has 1 heteroatoms.